The smallest absolute Gasteiger partial charge is 0.293 e. The molecule has 2 aliphatic rings. The molecule has 0 saturated carbocycles. The zero-order chi connectivity index (χ0) is 26.4. The van der Waals surface area contributed by atoms with Crippen molar-refractivity contribution in [1.82, 2.24) is 14.5 Å². The Labute approximate surface area is 220 Å². The summed E-state index contributed by atoms with van der Waals surface area (Å²) in [5, 5.41) is 2.29. The Balaban J connectivity index is 1.31. The van der Waals surface area contributed by atoms with Gasteiger partial charge in [-0.1, -0.05) is 25.0 Å². The van der Waals surface area contributed by atoms with Crippen LogP contribution < -0.4 is 10.1 Å². The molecule has 11 heteroatoms. The molecule has 0 radical (unpaired) electrons. The average Bonchev–Trinajstić information content (AvgIpc) is 3.08. The molecule has 37 heavy (non-hydrogen) atoms. The van der Waals surface area contributed by atoms with Gasteiger partial charge in [-0.15, -0.1) is 0 Å². The molecule has 2 aromatic carbocycles. The van der Waals surface area contributed by atoms with E-state index in [4.69, 9.17) is 4.74 Å². The second-order valence-corrected chi connectivity index (χ2v) is 11.6. The third-order valence-electron chi connectivity index (χ3n) is 6.23. The van der Waals surface area contributed by atoms with Gasteiger partial charge >= 0.3 is 0 Å². The predicted molar refractivity (Wildman–Crippen MR) is 142 cm³/mol. The Bertz CT molecular complexity index is 1280. The summed E-state index contributed by atoms with van der Waals surface area (Å²) in [5.41, 5.74) is 1.06. The van der Waals surface area contributed by atoms with Crippen LogP contribution in [0.5, 0.6) is 5.75 Å². The number of imide groups is 1. The van der Waals surface area contributed by atoms with E-state index in [0.29, 0.717) is 29.3 Å². The van der Waals surface area contributed by atoms with Gasteiger partial charge in [-0.2, -0.15) is 4.31 Å². The summed E-state index contributed by atoms with van der Waals surface area (Å²) >= 11 is 0.852. The van der Waals surface area contributed by atoms with Crippen molar-refractivity contribution >= 4 is 44.9 Å². The van der Waals surface area contributed by atoms with Crippen LogP contribution in [0.15, 0.2) is 58.3 Å². The average molecular weight is 544 g/mol. The maximum Gasteiger partial charge on any atom is 0.293 e. The highest BCUT2D eigenvalue weighted by atomic mass is 32.2. The van der Waals surface area contributed by atoms with Crippen molar-refractivity contribution in [3.8, 4) is 5.75 Å². The van der Waals surface area contributed by atoms with Crippen molar-refractivity contribution in [1.29, 1.82) is 0 Å². The molecule has 1 N–H and O–H groups in total. The van der Waals surface area contributed by atoms with Crippen molar-refractivity contribution in [3.05, 3.63) is 64.6 Å². The molecule has 2 saturated heterocycles. The monoisotopic (exact) mass is 543 g/mol. The molecule has 4 rings (SSSR count). The quantitative estimate of drug-likeness (QED) is 0.505. The largest absolute Gasteiger partial charge is 0.497 e. The first-order valence-electron chi connectivity index (χ1n) is 12.1. The highest BCUT2D eigenvalue weighted by Gasteiger charge is 2.34. The first kappa shape index (κ1) is 26.9. The molecule has 2 heterocycles. The van der Waals surface area contributed by atoms with Gasteiger partial charge in [-0.05, 0) is 72.6 Å². The molecule has 3 amide bonds. The van der Waals surface area contributed by atoms with Gasteiger partial charge in [-0.3, -0.25) is 19.3 Å². The molecule has 2 aliphatic heterocycles. The molecule has 0 bridgehead atoms. The van der Waals surface area contributed by atoms with Crippen LogP contribution in [0.4, 0.5) is 4.79 Å². The number of amides is 3. The number of nitrogens with zero attached hydrogens (tertiary/aromatic N) is 2. The zero-order valence-electron chi connectivity index (χ0n) is 20.5. The van der Waals surface area contributed by atoms with E-state index < -0.39 is 27.1 Å². The van der Waals surface area contributed by atoms with E-state index in [-0.39, 0.29) is 18.0 Å². The third-order valence-corrected chi connectivity index (χ3v) is 9.05. The first-order chi connectivity index (χ1) is 17.8. The Hall–Kier alpha value is -3.15. The molecule has 2 fully saturated rings. The maximum absolute atomic E-state index is 12.9. The summed E-state index contributed by atoms with van der Waals surface area (Å²) in [6.45, 7) is 1.11. The van der Waals surface area contributed by atoms with Gasteiger partial charge in [0.25, 0.3) is 17.1 Å². The van der Waals surface area contributed by atoms with E-state index in [2.05, 4.69) is 5.32 Å². The normalized spacial score (nSPS) is 18.2. The van der Waals surface area contributed by atoms with E-state index in [1.165, 1.54) is 28.6 Å². The number of thioether (sulfide) groups is 1. The van der Waals surface area contributed by atoms with Crippen molar-refractivity contribution in [2.75, 3.05) is 33.3 Å². The maximum atomic E-state index is 12.9. The standard InChI is InChI=1S/C26H29N3O6S2/c1-35-21-10-6-19(7-11-21)18-23-25(31)29(26(32)36-23)17-14-27-24(30)20-8-12-22(13-9-20)37(33,34)28-15-4-2-3-5-16-28/h6-13,18H,2-5,14-17H2,1H3,(H,27,30). The molecule has 0 spiro atoms. The Kier molecular flexibility index (Phi) is 8.67. The van der Waals surface area contributed by atoms with E-state index in [1.54, 1.807) is 37.5 Å². The van der Waals surface area contributed by atoms with Crippen LogP contribution in [0.1, 0.15) is 41.6 Å². The summed E-state index contributed by atoms with van der Waals surface area (Å²) in [4.78, 5) is 39.2. The van der Waals surface area contributed by atoms with Crippen LogP contribution in [0.3, 0.4) is 0 Å². The van der Waals surface area contributed by atoms with E-state index in [9.17, 15) is 22.8 Å². The number of ether oxygens (including phenoxy) is 1. The van der Waals surface area contributed by atoms with Gasteiger partial charge in [-0.25, -0.2) is 8.42 Å². The number of rotatable bonds is 8. The highest BCUT2D eigenvalue weighted by Crippen LogP contribution is 2.32. The Morgan fingerprint density at radius 1 is 1.00 bits per heavy atom. The molecule has 0 atom stereocenters. The van der Waals surface area contributed by atoms with Gasteiger partial charge in [0.15, 0.2) is 0 Å². The molecule has 9 nitrogen and oxygen atoms in total. The van der Waals surface area contributed by atoms with Crippen LogP contribution in [-0.4, -0.2) is 68.0 Å². The summed E-state index contributed by atoms with van der Waals surface area (Å²) in [6, 6.07) is 12.9. The molecule has 196 valence electrons. The number of carbonyl (C=O) groups excluding carboxylic acids is 3. The van der Waals surface area contributed by atoms with Gasteiger partial charge in [0.2, 0.25) is 10.0 Å². The summed E-state index contributed by atoms with van der Waals surface area (Å²) in [7, 11) is -2.03. The number of nitrogens with one attached hydrogen (secondary N) is 1. The van der Waals surface area contributed by atoms with Gasteiger partial charge in [0.05, 0.1) is 16.9 Å². The van der Waals surface area contributed by atoms with Crippen LogP contribution in [-0.2, 0) is 14.8 Å². The molecular weight excluding hydrogens is 514 g/mol. The van der Waals surface area contributed by atoms with Gasteiger partial charge in [0.1, 0.15) is 5.75 Å². The zero-order valence-corrected chi connectivity index (χ0v) is 22.1. The fraction of sp³-hybridized carbons (Fsp3) is 0.346. The SMILES string of the molecule is COc1ccc(C=C2SC(=O)N(CCNC(=O)c3ccc(S(=O)(=O)N4CCCCCC4)cc3)C2=O)cc1. The number of methoxy groups -OCH3 is 1. The minimum absolute atomic E-state index is 0.0256. The fourth-order valence-electron chi connectivity index (χ4n) is 4.14. The predicted octanol–water partition coefficient (Wildman–Crippen LogP) is 3.73. The lowest BCUT2D eigenvalue weighted by atomic mass is 10.2. The van der Waals surface area contributed by atoms with E-state index >= 15 is 0 Å². The van der Waals surface area contributed by atoms with Gasteiger partial charge < -0.3 is 10.1 Å². The Morgan fingerprint density at radius 3 is 2.27 bits per heavy atom. The van der Waals surface area contributed by atoms with Crippen molar-refractivity contribution in [3.63, 3.8) is 0 Å². The first-order valence-corrected chi connectivity index (χ1v) is 14.3. The lowest BCUT2D eigenvalue weighted by molar-refractivity contribution is -0.122. The number of hydrogen-bond donors (Lipinski definition) is 1. The molecule has 0 aliphatic carbocycles. The van der Waals surface area contributed by atoms with Crippen LogP contribution in [0.25, 0.3) is 6.08 Å². The summed E-state index contributed by atoms with van der Waals surface area (Å²) in [5.74, 6) is -0.141. The van der Waals surface area contributed by atoms with Crippen molar-refractivity contribution in [2.24, 2.45) is 0 Å². The lowest BCUT2D eigenvalue weighted by Crippen LogP contribution is -2.37. The Morgan fingerprint density at radius 2 is 1.65 bits per heavy atom. The minimum atomic E-state index is -3.59. The van der Waals surface area contributed by atoms with E-state index in [1.807, 2.05) is 0 Å². The van der Waals surface area contributed by atoms with Crippen LogP contribution in [0.2, 0.25) is 0 Å². The van der Waals surface area contributed by atoms with Crippen LogP contribution in [0, 0.1) is 0 Å². The number of benzene rings is 2. The third kappa shape index (κ3) is 6.41. The van der Waals surface area contributed by atoms with Gasteiger partial charge in [0, 0.05) is 31.7 Å². The second kappa shape index (κ2) is 11.9. The molecular formula is C26H29N3O6S2. The highest BCUT2D eigenvalue weighted by molar-refractivity contribution is 8.18. The number of carbonyl (C=O) groups is 3. The minimum Gasteiger partial charge on any atom is -0.497 e. The fourth-order valence-corrected chi connectivity index (χ4v) is 6.52. The molecule has 0 unspecified atom stereocenters. The van der Waals surface area contributed by atoms with Crippen molar-refractivity contribution in [2.45, 2.75) is 30.6 Å². The second-order valence-electron chi connectivity index (χ2n) is 8.71. The lowest BCUT2D eigenvalue weighted by Gasteiger charge is -2.20. The molecule has 2 aromatic rings. The van der Waals surface area contributed by atoms with Crippen LogP contribution >= 0.6 is 11.8 Å². The molecule has 0 aromatic heterocycles. The number of sulfonamides is 1. The summed E-state index contributed by atoms with van der Waals surface area (Å²) < 4.78 is 32.5. The topological polar surface area (TPSA) is 113 Å². The number of hydrogen-bond acceptors (Lipinski definition) is 7. The van der Waals surface area contributed by atoms with Crippen molar-refractivity contribution < 1.29 is 27.5 Å². The van der Waals surface area contributed by atoms with E-state index in [0.717, 1.165) is 47.9 Å². The summed E-state index contributed by atoms with van der Waals surface area (Å²) in [6.07, 6.45) is 5.39.